The van der Waals surface area contributed by atoms with E-state index in [1.165, 1.54) is 0 Å². The van der Waals surface area contributed by atoms with Crippen molar-refractivity contribution in [3.05, 3.63) is 48.3 Å². The molecule has 2 amide bonds. The predicted molar refractivity (Wildman–Crippen MR) is 103 cm³/mol. The number of para-hydroxylation sites is 2. The maximum Gasteiger partial charge on any atom is 0.272 e. The summed E-state index contributed by atoms with van der Waals surface area (Å²) in [6.07, 6.45) is 1.64. The topological polar surface area (TPSA) is 74.8 Å². The minimum absolute atomic E-state index is 0.0444. The summed E-state index contributed by atoms with van der Waals surface area (Å²) in [7, 11) is 0. The first-order chi connectivity index (χ1) is 13.1. The second kappa shape index (κ2) is 8.53. The van der Waals surface area contributed by atoms with Crippen molar-refractivity contribution in [2.75, 3.05) is 38.1 Å². The largest absolute Gasteiger partial charge is 0.492 e. The number of pyridine rings is 1. The molecule has 0 unspecified atom stereocenters. The quantitative estimate of drug-likeness (QED) is 0.878. The summed E-state index contributed by atoms with van der Waals surface area (Å²) >= 11 is 0. The maximum absolute atomic E-state index is 12.6. The zero-order chi connectivity index (χ0) is 19.2. The first kappa shape index (κ1) is 18.7. The minimum Gasteiger partial charge on any atom is -0.492 e. The number of benzene rings is 1. The maximum atomic E-state index is 12.6. The number of hydrogen-bond acceptors (Lipinski definition) is 5. The molecule has 0 atom stereocenters. The Morgan fingerprint density at radius 3 is 2.41 bits per heavy atom. The minimum atomic E-state index is -0.112. The van der Waals surface area contributed by atoms with Gasteiger partial charge in [0.05, 0.1) is 24.2 Å². The molecule has 2 aromatic rings. The lowest BCUT2D eigenvalue weighted by Gasteiger charge is -2.34. The Morgan fingerprint density at radius 2 is 1.78 bits per heavy atom. The van der Waals surface area contributed by atoms with E-state index in [4.69, 9.17) is 4.74 Å². The first-order valence-corrected chi connectivity index (χ1v) is 9.08. The van der Waals surface area contributed by atoms with Gasteiger partial charge >= 0.3 is 0 Å². The van der Waals surface area contributed by atoms with Crippen molar-refractivity contribution in [3.8, 4) is 5.75 Å². The van der Waals surface area contributed by atoms with Gasteiger partial charge < -0.3 is 19.9 Å². The highest BCUT2D eigenvalue weighted by Gasteiger charge is 2.23. The molecule has 27 heavy (non-hydrogen) atoms. The van der Waals surface area contributed by atoms with E-state index in [1.54, 1.807) is 29.0 Å². The van der Waals surface area contributed by atoms with Gasteiger partial charge in [0.25, 0.3) is 5.91 Å². The number of nitrogens with zero attached hydrogens (tertiary/aromatic N) is 3. The third kappa shape index (κ3) is 4.55. The lowest BCUT2D eigenvalue weighted by molar-refractivity contribution is -0.130. The van der Waals surface area contributed by atoms with Gasteiger partial charge in [0, 0.05) is 33.1 Å². The number of nitrogens with one attached hydrogen (secondary N) is 1. The van der Waals surface area contributed by atoms with E-state index in [0.29, 0.717) is 38.5 Å². The molecule has 0 radical (unpaired) electrons. The molecule has 0 aliphatic carbocycles. The molecule has 1 aromatic heterocycles. The molecule has 1 aliphatic heterocycles. The van der Waals surface area contributed by atoms with Gasteiger partial charge in [-0.15, -0.1) is 0 Å². The average Bonchev–Trinajstić information content (AvgIpc) is 2.70. The van der Waals surface area contributed by atoms with Crippen LogP contribution >= 0.6 is 0 Å². The number of hydrogen-bond donors (Lipinski definition) is 1. The summed E-state index contributed by atoms with van der Waals surface area (Å²) in [5.74, 6) is 0.700. The number of carbonyl (C=O) groups excluding carboxylic acids is 2. The fraction of sp³-hybridized carbons (Fsp3) is 0.350. The molecule has 7 heteroatoms. The van der Waals surface area contributed by atoms with Gasteiger partial charge in [-0.1, -0.05) is 12.1 Å². The molecule has 1 aromatic carbocycles. The van der Waals surface area contributed by atoms with Crippen molar-refractivity contribution < 1.29 is 14.3 Å². The van der Waals surface area contributed by atoms with Crippen molar-refractivity contribution >= 4 is 23.2 Å². The van der Waals surface area contributed by atoms with E-state index >= 15 is 0 Å². The van der Waals surface area contributed by atoms with E-state index < -0.39 is 0 Å². The number of amides is 2. The monoisotopic (exact) mass is 368 g/mol. The molecule has 1 fully saturated rings. The highest BCUT2D eigenvalue weighted by Crippen LogP contribution is 2.27. The van der Waals surface area contributed by atoms with Crippen molar-refractivity contribution in [2.24, 2.45) is 0 Å². The molecule has 0 saturated carbocycles. The molecular formula is C20H24N4O3. The van der Waals surface area contributed by atoms with E-state index in [9.17, 15) is 9.59 Å². The highest BCUT2D eigenvalue weighted by molar-refractivity contribution is 5.92. The zero-order valence-electron chi connectivity index (χ0n) is 15.6. The molecule has 2 heterocycles. The summed E-state index contributed by atoms with van der Waals surface area (Å²) in [6.45, 7) is 6.26. The van der Waals surface area contributed by atoms with Crippen LogP contribution in [0.25, 0.3) is 0 Å². The smallest absolute Gasteiger partial charge is 0.272 e. The Balaban J connectivity index is 1.64. The van der Waals surface area contributed by atoms with Gasteiger partial charge in [-0.05, 0) is 31.2 Å². The Hall–Kier alpha value is -3.09. The fourth-order valence-corrected chi connectivity index (χ4v) is 2.99. The van der Waals surface area contributed by atoms with Crippen molar-refractivity contribution in [3.63, 3.8) is 0 Å². The van der Waals surface area contributed by atoms with E-state index in [0.717, 1.165) is 17.1 Å². The van der Waals surface area contributed by atoms with Gasteiger partial charge in [-0.2, -0.15) is 0 Å². The molecule has 3 rings (SSSR count). The van der Waals surface area contributed by atoms with Gasteiger partial charge in [-0.25, -0.2) is 4.98 Å². The van der Waals surface area contributed by atoms with Gasteiger partial charge in [0.1, 0.15) is 11.4 Å². The molecule has 7 nitrogen and oxygen atoms in total. The lowest BCUT2D eigenvalue weighted by Crippen LogP contribution is -2.50. The molecule has 0 bridgehead atoms. The van der Waals surface area contributed by atoms with Crippen LogP contribution in [0, 0.1) is 0 Å². The third-order valence-corrected chi connectivity index (χ3v) is 4.46. The SMILES string of the molecule is CCOc1ccccc1Nc1ccc(C(=O)N2CCN(C(C)=O)CC2)nc1. The van der Waals surface area contributed by atoms with Crippen LogP contribution in [0.5, 0.6) is 5.75 Å². The zero-order valence-corrected chi connectivity index (χ0v) is 15.6. The summed E-state index contributed by atoms with van der Waals surface area (Å²) in [5, 5.41) is 3.26. The number of anilines is 2. The highest BCUT2D eigenvalue weighted by atomic mass is 16.5. The van der Waals surface area contributed by atoms with Crippen molar-refractivity contribution in [2.45, 2.75) is 13.8 Å². The summed E-state index contributed by atoms with van der Waals surface area (Å²) in [4.78, 5) is 31.8. The van der Waals surface area contributed by atoms with Crippen LogP contribution in [0.2, 0.25) is 0 Å². The number of ether oxygens (including phenoxy) is 1. The number of carbonyl (C=O) groups is 2. The van der Waals surface area contributed by atoms with Crippen LogP contribution in [0.15, 0.2) is 42.6 Å². The lowest BCUT2D eigenvalue weighted by atomic mass is 10.2. The predicted octanol–water partition coefficient (Wildman–Crippen LogP) is 2.53. The number of aromatic nitrogens is 1. The third-order valence-electron chi connectivity index (χ3n) is 4.46. The molecule has 142 valence electrons. The van der Waals surface area contributed by atoms with E-state index in [2.05, 4.69) is 10.3 Å². The normalized spacial score (nSPS) is 14.0. The number of rotatable bonds is 5. The summed E-state index contributed by atoms with van der Waals surface area (Å²) in [6, 6.07) is 11.2. The van der Waals surface area contributed by atoms with Crippen LogP contribution < -0.4 is 10.1 Å². The van der Waals surface area contributed by atoms with Crippen molar-refractivity contribution in [1.82, 2.24) is 14.8 Å². The first-order valence-electron chi connectivity index (χ1n) is 9.08. The molecule has 1 saturated heterocycles. The van der Waals surface area contributed by atoms with E-state index in [-0.39, 0.29) is 11.8 Å². The van der Waals surface area contributed by atoms with Crippen LogP contribution in [0.4, 0.5) is 11.4 Å². The van der Waals surface area contributed by atoms with Crippen molar-refractivity contribution in [1.29, 1.82) is 0 Å². The van der Waals surface area contributed by atoms with E-state index in [1.807, 2.05) is 37.3 Å². The molecule has 1 N–H and O–H groups in total. The number of piperazine rings is 1. The molecule has 1 aliphatic rings. The second-order valence-electron chi connectivity index (χ2n) is 6.28. The molecular weight excluding hydrogens is 344 g/mol. The Morgan fingerprint density at radius 1 is 1.07 bits per heavy atom. The molecule has 0 spiro atoms. The van der Waals surface area contributed by atoms with Crippen LogP contribution in [-0.4, -0.2) is 59.4 Å². The standard InChI is InChI=1S/C20H24N4O3/c1-3-27-19-7-5-4-6-17(19)22-16-8-9-18(21-14-16)20(26)24-12-10-23(11-13-24)15(2)25/h4-9,14,22H,3,10-13H2,1-2H3. The Bertz CT molecular complexity index is 799. The van der Waals surface area contributed by atoms with Gasteiger partial charge in [-0.3, -0.25) is 9.59 Å². The van der Waals surface area contributed by atoms with Crippen LogP contribution in [0.3, 0.4) is 0 Å². The van der Waals surface area contributed by atoms with Gasteiger partial charge in [0.15, 0.2) is 0 Å². The summed E-state index contributed by atoms with van der Waals surface area (Å²) in [5.41, 5.74) is 2.02. The Labute approximate surface area is 158 Å². The average molecular weight is 368 g/mol. The second-order valence-corrected chi connectivity index (χ2v) is 6.28. The van der Waals surface area contributed by atoms with Crippen LogP contribution in [0.1, 0.15) is 24.3 Å². The van der Waals surface area contributed by atoms with Crippen LogP contribution in [-0.2, 0) is 4.79 Å². The Kier molecular flexibility index (Phi) is 5.90. The fourth-order valence-electron chi connectivity index (χ4n) is 2.99. The summed E-state index contributed by atoms with van der Waals surface area (Å²) < 4.78 is 5.60. The van der Waals surface area contributed by atoms with Gasteiger partial charge in [0.2, 0.25) is 5.91 Å².